The van der Waals surface area contributed by atoms with Crippen molar-refractivity contribution in [2.75, 3.05) is 6.61 Å². The first kappa shape index (κ1) is 23.3. The van der Waals surface area contributed by atoms with Crippen molar-refractivity contribution in [1.82, 2.24) is 0 Å². The van der Waals surface area contributed by atoms with Crippen LogP contribution in [0.1, 0.15) is 105 Å². The minimum absolute atomic E-state index is 0.0923. The van der Waals surface area contributed by atoms with Crippen LogP contribution < -0.4 is 0 Å². The average molecular weight is 405 g/mol. The fourth-order valence-corrected chi connectivity index (χ4v) is 8.40. The summed E-state index contributed by atoms with van der Waals surface area (Å²) in [7, 11) is 0. The van der Waals surface area contributed by atoms with Gasteiger partial charge >= 0.3 is 0 Å². The molecule has 0 aromatic heterocycles. The zero-order chi connectivity index (χ0) is 21.2. The molecule has 7 unspecified atom stereocenters. The van der Waals surface area contributed by atoms with Crippen LogP contribution in [0.25, 0.3) is 0 Å². The second-order valence-electron chi connectivity index (χ2n) is 11.1. The largest absolute Gasteiger partial charge is 0.396 e. The Bertz CT molecular complexity index is 569. The van der Waals surface area contributed by atoms with Gasteiger partial charge in [-0.05, 0) is 98.2 Å². The van der Waals surface area contributed by atoms with E-state index in [9.17, 15) is 5.11 Å². The highest BCUT2D eigenvalue weighted by Crippen LogP contribution is 2.67. The van der Waals surface area contributed by atoms with E-state index in [1.807, 2.05) is 13.8 Å². The van der Waals surface area contributed by atoms with Crippen LogP contribution in [0, 0.1) is 40.4 Å². The topological polar surface area (TPSA) is 40.5 Å². The Morgan fingerprint density at radius 2 is 1.79 bits per heavy atom. The van der Waals surface area contributed by atoms with Gasteiger partial charge in [-0.1, -0.05) is 59.1 Å². The Kier molecular flexibility index (Phi) is 7.58. The van der Waals surface area contributed by atoms with Gasteiger partial charge in [0.2, 0.25) is 0 Å². The summed E-state index contributed by atoms with van der Waals surface area (Å²) in [6, 6.07) is 0. The van der Waals surface area contributed by atoms with E-state index < -0.39 is 0 Å². The Morgan fingerprint density at radius 3 is 2.52 bits per heavy atom. The Morgan fingerprint density at radius 1 is 1.03 bits per heavy atom. The third-order valence-corrected chi connectivity index (χ3v) is 9.91. The summed E-state index contributed by atoms with van der Waals surface area (Å²) in [5, 5.41) is 19.3. The molecule has 168 valence electrons. The van der Waals surface area contributed by atoms with Gasteiger partial charge < -0.3 is 10.2 Å². The molecule has 0 aliphatic heterocycles. The lowest BCUT2D eigenvalue weighted by molar-refractivity contribution is -0.0573. The minimum atomic E-state index is -0.0923. The number of allylic oxidation sites excluding steroid dienone is 1. The second-order valence-corrected chi connectivity index (χ2v) is 11.1. The van der Waals surface area contributed by atoms with E-state index in [0.717, 1.165) is 48.9 Å². The van der Waals surface area contributed by atoms with Crippen molar-refractivity contribution < 1.29 is 10.2 Å². The van der Waals surface area contributed by atoms with Crippen LogP contribution in [0.15, 0.2) is 11.6 Å². The normalized spacial score (nSPS) is 44.5. The lowest BCUT2D eigenvalue weighted by Crippen LogP contribution is -2.50. The zero-order valence-corrected chi connectivity index (χ0v) is 19.9. The molecule has 8 atom stereocenters. The molecule has 0 radical (unpaired) electrons. The molecule has 2 heteroatoms. The van der Waals surface area contributed by atoms with E-state index in [1.54, 1.807) is 5.57 Å². The van der Waals surface area contributed by atoms with Gasteiger partial charge in [0.25, 0.3) is 0 Å². The highest BCUT2D eigenvalue weighted by molar-refractivity contribution is 5.25. The highest BCUT2D eigenvalue weighted by Gasteiger charge is 2.58. The highest BCUT2D eigenvalue weighted by atomic mass is 16.3. The second kappa shape index (κ2) is 9.43. The number of rotatable bonds is 5. The zero-order valence-electron chi connectivity index (χ0n) is 19.9. The first-order valence-electron chi connectivity index (χ1n) is 12.9. The molecule has 0 heterocycles. The van der Waals surface area contributed by atoms with Crippen molar-refractivity contribution in [3.05, 3.63) is 11.6 Å². The van der Waals surface area contributed by atoms with Gasteiger partial charge in [0, 0.05) is 6.61 Å². The number of fused-ring (bicyclic) bond motifs is 5. The van der Waals surface area contributed by atoms with Crippen molar-refractivity contribution >= 4 is 0 Å². The Balaban J connectivity index is 0.00000117. The summed E-state index contributed by atoms with van der Waals surface area (Å²) in [6.07, 6.45) is 16.0. The third kappa shape index (κ3) is 4.10. The Hall–Kier alpha value is -0.340. The number of aliphatic hydroxyl groups excluding tert-OH is 2. The first-order chi connectivity index (χ1) is 13.9. The maximum Gasteiger partial charge on any atom is 0.0577 e. The standard InChI is InChI=1S/C25H42O2.C2H6/c1-17(6-4-5-15-26)21-9-10-22-20-8-7-18-16-19(27)11-13-24(18,2)23(20)12-14-25(21,22)3;1-2/h7,17,19-23,26-27H,4-6,8-16H2,1-3H3;1-2H3/t17?,19-,20?,21?,22?,23?,24?,25?;/m0./s1. The van der Waals surface area contributed by atoms with Crippen LogP contribution in [0.3, 0.4) is 0 Å². The molecule has 0 aromatic rings. The molecule has 2 nitrogen and oxygen atoms in total. The van der Waals surface area contributed by atoms with Crippen molar-refractivity contribution in [2.45, 2.75) is 111 Å². The molecular weight excluding hydrogens is 356 g/mol. The molecule has 3 saturated carbocycles. The van der Waals surface area contributed by atoms with Crippen molar-refractivity contribution in [3.63, 3.8) is 0 Å². The quantitative estimate of drug-likeness (QED) is 0.393. The van der Waals surface area contributed by atoms with Crippen LogP contribution in [0.2, 0.25) is 0 Å². The number of hydrogen-bond acceptors (Lipinski definition) is 2. The summed E-state index contributed by atoms with van der Waals surface area (Å²) in [5.74, 6) is 4.32. The van der Waals surface area contributed by atoms with E-state index in [1.165, 1.54) is 51.4 Å². The van der Waals surface area contributed by atoms with Gasteiger partial charge in [0.1, 0.15) is 0 Å². The maximum atomic E-state index is 10.2. The number of hydrogen-bond donors (Lipinski definition) is 2. The van der Waals surface area contributed by atoms with Crippen LogP contribution in [-0.4, -0.2) is 22.9 Å². The molecule has 0 amide bonds. The van der Waals surface area contributed by atoms with Gasteiger partial charge in [-0.15, -0.1) is 0 Å². The van der Waals surface area contributed by atoms with Gasteiger partial charge in [-0.2, -0.15) is 0 Å². The summed E-state index contributed by atoms with van der Waals surface area (Å²) in [4.78, 5) is 0. The van der Waals surface area contributed by atoms with Gasteiger partial charge in [-0.25, -0.2) is 0 Å². The number of unbranched alkanes of at least 4 members (excludes halogenated alkanes) is 1. The first-order valence-corrected chi connectivity index (χ1v) is 12.9. The van der Waals surface area contributed by atoms with E-state index >= 15 is 0 Å². The monoisotopic (exact) mass is 404 g/mol. The van der Waals surface area contributed by atoms with E-state index in [-0.39, 0.29) is 6.10 Å². The SMILES string of the molecule is CC.CC(CCCCO)C1CCC2C3CC=C4C[C@@H](O)CCC4(C)C3CCC12C. The molecule has 4 aliphatic carbocycles. The van der Waals surface area contributed by atoms with Gasteiger partial charge in [0.05, 0.1) is 6.10 Å². The number of aliphatic hydroxyl groups is 2. The summed E-state index contributed by atoms with van der Waals surface area (Å²) < 4.78 is 0. The summed E-state index contributed by atoms with van der Waals surface area (Å²) in [5.41, 5.74) is 2.50. The fraction of sp³-hybridized carbons (Fsp3) is 0.926. The van der Waals surface area contributed by atoms with Crippen LogP contribution in [-0.2, 0) is 0 Å². The van der Waals surface area contributed by atoms with E-state index in [0.29, 0.717) is 17.4 Å². The maximum absolute atomic E-state index is 10.2. The fourth-order valence-electron chi connectivity index (χ4n) is 8.40. The van der Waals surface area contributed by atoms with Crippen molar-refractivity contribution in [2.24, 2.45) is 40.4 Å². The lowest BCUT2D eigenvalue weighted by atomic mass is 9.47. The molecule has 2 N–H and O–H groups in total. The van der Waals surface area contributed by atoms with Crippen LogP contribution in [0.4, 0.5) is 0 Å². The third-order valence-electron chi connectivity index (χ3n) is 9.91. The van der Waals surface area contributed by atoms with E-state index in [2.05, 4.69) is 26.8 Å². The van der Waals surface area contributed by atoms with Crippen LogP contribution >= 0.6 is 0 Å². The predicted molar refractivity (Wildman–Crippen MR) is 123 cm³/mol. The predicted octanol–water partition coefficient (Wildman–Crippen LogP) is 6.75. The van der Waals surface area contributed by atoms with E-state index in [4.69, 9.17) is 5.11 Å². The van der Waals surface area contributed by atoms with Crippen molar-refractivity contribution in [1.29, 1.82) is 0 Å². The molecule has 3 fully saturated rings. The smallest absolute Gasteiger partial charge is 0.0577 e. The molecule has 29 heavy (non-hydrogen) atoms. The lowest BCUT2D eigenvalue weighted by Gasteiger charge is -2.58. The van der Waals surface area contributed by atoms with Gasteiger partial charge in [-0.3, -0.25) is 0 Å². The molecular formula is C27H48O2. The Labute approximate surface area is 180 Å². The molecule has 4 aliphatic rings. The molecule has 0 saturated heterocycles. The van der Waals surface area contributed by atoms with Gasteiger partial charge in [0.15, 0.2) is 0 Å². The molecule has 0 spiro atoms. The van der Waals surface area contributed by atoms with Crippen LogP contribution in [0.5, 0.6) is 0 Å². The summed E-state index contributed by atoms with van der Waals surface area (Å²) >= 11 is 0. The minimum Gasteiger partial charge on any atom is -0.396 e. The molecule has 0 bridgehead atoms. The van der Waals surface area contributed by atoms with Crippen molar-refractivity contribution in [3.8, 4) is 0 Å². The molecule has 4 rings (SSSR count). The average Bonchev–Trinajstić information content (AvgIpc) is 3.07. The molecule has 0 aromatic carbocycles. The summed E-state index contributed by atoms with van der Waals surface area (Å²) in [6.45, 7) is 12.0.